The largest absolute Gasteiger partial charge is 0.483 e. The first kappa shape index (κ1) is 28.1. The van der Waals surface area contributed by atoms with Crippen LogP contribution < -0.4 is 0 Å². The Morgan fingerprint density at radius 2 is 1.55 bits per heavy atom. The summed E-state index contributed by atoms with van der Waals surface area (Å²) in [5, 5.41) is 0. The molecule has 0 aromatic carbocycles. The molecule has 10 heteroatoms. The van der Waals surface area contributed by atoms with E-state index in [1.165, 1.54) is 11.1 Å². The number of phosphoric ester groups is 1. The minimum absolute atomic E-state index is 0.0804. The van der Waals surface area contributed by atoms with Gasteiger partial charge in [0.1, 0.15) is 0 Å². The van der Waals surface area contributed by atoms with E-state index in [0.29, 0.717) is 6.42 Å². The SMILES string of the molecule is CC(C)=CCCC(C)=CC(N=CC(C)CCC=C(C)C)OP(=O)(O)OP(=O)(O)O. The van der Waals surface area contributed by atoms with Gasteiger partial charge in [-0.2, -0.15) is 4.31 Å². The summed E-state index contributed by atoms with van der Waals surface area (Å²) in [4.78, 5) is 31.4. The van der Waals surface area contributed by atoms with Crippen molar-refractivity contribution >= 4 is 21.9 Å². The number of allylic oxidation sites excluding steroid dienone is 5. The summed E-state index contributed by atoms with van der Waals surface area (Å²) < 4.78 is 31.6. The van der Waals surface area contributed by atoms with Gasteiger partial charge in [-0.25, -0.2) is 9.13 Å². The summed E-state index contributed by atoms with van der Waals surface area (Å²) in [5.41, 5.74) is 3.27. The molecule has 0 fully saturated rings. The number of nitrogens with zero attached hydrogens (tertiary/aromatic N) is 1. The molecule has 0 rings (SSSR count). The molecule has 8 nitrogen and oxygen atoms in total. The molecule has 29 heavy (non-hydrogen) atoms. The van der Waals surface area contributed by atoms with Crippen molar-refractivity contribution in [1.29, 1.82) is 0 Å². The molecule has 3 unspecified atom stereocenters. The van der Waals surface area contributed by atoms with Crippen LogP contribution >= 0.6 is 15.6 Å². The van der Waals surface area contributed by atoms with Crippen LogP contribution in [0.2, 0.25) is 0 Å². The van der Waals surface area contributed by atoms with Crippen LogP contribution in [-0.2, 0) is 18.0 Å². The zero-order valence-electron chi connectivity index (χ0n) is 18.1. The number of hydrogen-bond acceptors (Lipinski definition) is 5. The Kier molecular flexibility index (Phi) is 13.1. The van der Waals surface area contributed by atoms with Crippen molar-refractivity contribution in [3.8, 4) is 0 Å². The van der Waals surface area contributed by atoms with Crippen LogP contribution in [0.5, 0.6) is 0 Å². The summed E-state index contributed by atoms with van der Waals surface area (Å²) in [5.74, 6) is 0.0804. The number of aliphatic imine (C=N–C) groups is 1. The first-order chi connectivity index (χ1) is 13.2. The minimum atomic E-state index is -5.19. The molecule has 0 amide bonds. The summed E-state index contributed by atoms with van der Waals surface area (Å²) in [6.45, 7) is 11.8. The molecule has 0 aliphatic heterocycles. The van der Waals surface area contributed by atoms with Gasteiger partial charge < -0.3 is 14.7 Å². The lowest BCUT2D eigenvalue weighted by Gasteiger charge is -2.17. The zero-order valence-corrected chi connectivity index (χ0v) is 19.9. The summed E-state index contributed by atoms with van der Waals surface area (Å²) in [7, 11) is -10.2. The molecule has 0 aliphatic carbocycles. The molecule has 0 heterocycles. The van der Waals surface area contributed by atoms with Crippen LogP contribution in [0.3, 0.4) is 0 Å². The van der Waals surface area contributed by atoms with E-state index in [1.54, 1.807) is 12.3 Å². The highest BCUT2D eigenvalue weighted by molar-refractivity contribution is 7.60. The maximum Gasteiger partial charge on any atom is 0.483 e. The average molecular weight is 451 g/mol. The highest BCUT2D eigenvalue weighted by Gasteiger charge is 2.34. The summed E-state index contributed by atoms with van der Waals surface area (Å²) in [6.07, 6.45) is 9.32. The Bertz CT molecular complexity index is 714. The highest BCUT2D eigenvalue weighted by Crippen LogP contribution is 2.58. The van der Waals surface area contributed by atoms with Gasteiger partial charge >= 0.3 is 15.6 Å². The molecule has 3 N–H and O–H groups in total. The monoisotopic (exact) mass is 451 g/mol. The van der Waals surface area contributed by atoms with E-state index < -0.39 is 21.9 Å². The van der Waals surface area contributed by atoms with E-state index in [4.69, 9.17) is 14.3 Å². The van der Waals surface area contributed by atoms with Crippen LogP contribution in [0.25, 0.3) is 0 Å². The van der Waals surface area contributed by atoms with Crippen LogP contribution in [0, 0.1) is 5.92 Å². The van der Waals surface area contributed by atoms with Crippen molar-refractivity contribution in [3.63, 3.8) is 0 Å². The van der Waals surface area contributed by atoms with Gasteiger partial charge in [0.15, 0.2) is 6.23 Å². The van der Waals surface area contributed by atoms with Crippen LogP contribution in [0.15, 0.2) is 39.9 Å². The fraction of sp³-hybridized carbons (Fsp3) is 0.632. The zero-order chi connectivity index (χ0) is 22.7. The van der Waals surface area contributed by atoms with E-state index in [-0.39, 0.29) is 5.92 Å². The maximum absolute atomic E-state index is 11.9. The van der Waals surface area contributed by atoms with Gasteiger partial charge in [0, 0.05) is 6.21 Å². The molecular weight excluding hydrogens is 416 g/mol. The average Bonchev–Trinajstić information content (AvgIpc) is 2.49. The Morgan fingerprint density at radius 1 is 1.00 bits per heavy atom. The van der Waals surface area contributed by atoms with Crippen LogP contribution in [0.4, 0.5) is 0 Å². The van der Waals surface area contributed by atoms with Crippen molar-refractivity contribution < 1.29 is 32.6 Å². The fourth-order valence-corrected chi connectivity index (χ4v) is 3.86. The van der Waals surface area contributed by atoms with Crippen molar-refractivity contribution in [3.05, 3.63) is 34.9 Å². The van der Waals surface area contributed by atoms with Crippen molar-refractivity contribution in [1.82, 2.24) is 0 Å². The fourth-order valence-electron chi connectivity index (χ4n) is 2.25. The highest BCUT2D eigenvalue weighted by atomic mass is 31.3. The maximum atomic E-state index is 11.9. The van der Waals surface area contributed by atoms with Crippen molar-refractivity contribution in [2.45, 2.75) is 73.5 Å². The molecule has 0 saturated heterocycles. The molecule has 0 saturated carbocycles. The van der Waals surface area contributed by atoms with Gasteiger partial charge in [-0.05, 0) is 72.3 Å². The van der Waals surface area contributed by atoms with Crippen LogP contribution in [0.1, 0.15) is 67.2 Å². The standard InChI is InChI=1S/C19H35NO7P2/c1-15(2)9-7-11-17(5)13-19(26-29(24,25)27-28(21,22)23)20-14-18(6)12-8-10-16(3)4/h9-10,13-14,18-19H,7-8,11-12H2,1-6H3,(H,24,25)(H2,21,22,23). The van der Waals surface area contributed by atoms with Gasteiger partial charge in [-0.3, -0.25) is 9.52 Å². The minimum Gasteiger partial charge on any atom is -0.302 e. The smallest absolute Gasteiger partial charge is 0.302 e. The van der Waals surface area contributed by atoms with E-state index in [1.807, 2.05) is 41.5 Å². The lowest BCUT2D eigenvalue weighted by Crippen LogP contribution is -2.09. The van der Waals surface area contributed by atoms with Crippen LogP contribution in [-0.4, -0.2) is 27.1 Å². The predicted octanol–water partition coefficient (Wildman–Crippen LogP) is 5.68. The molecule has 168 valence electrons. The lowest BCUT2D eigenvalue weighted by atomic mass is 10.1. The quantitative estimate of drug-likeness (QED) is 0.187. The third-order valence-electron chi connectivity index (χ3n) is 3.63. The Balaban J connectivity index is 5.29. The molecular formula is C19H35NO7P2. The van der Waals surface area contributed by atoms with E-state index in [9.17, 15) is 14.0 Å². The molecule has 0 radical (unpaired) electrons. The Hall–Kier alpha value is -0.850. The lowest BCUT2D eigenvalue weighted by molar-refractivity contribution is 0.154. The molecule has 0 spiro atoms. The number of rotatable bonds is 13. The third-order valence-corrected chi connectivity index (χ3v) is 5.79. The Labute approximate surface area is 174 Å². The van der Waals surface area contributed by atoms with Gasteiger partial charge in [-0.15, -0.1) is 0 Å². The van der Waals surface area contributed by atoms with Crippen molar-refractivity contribution in [2.75, 3.05) is 0 Å². The first-order valence-electron chi connectivity index (χ1n) is 9.45. The topological polar surface area (TPSA) is 126 Å². The molecule has 0 aliphatic rings. The van der Waals surface area contributed by atoms with E-state index in [0.717, 1.165) is 24.8 Å². The van der Waals surface area contributed by atoms with Gasteiger partial charge in [0.2, 0.25) is 0 Å². The molecule has 3 atom stereocenters. The first-order valence-corrected chi connectivity index (χ1v) is 12.5. The normalized spacial score (nSPS) is 16.9. The summed E-state index contributed by atoms with van der Waals surface area (Å²) in [6, 6.07) is 0. The summed E-state index contributed by atoms with van der Waals surface area (Å²) >= 11 is 0. The second-order valence-electron chi connectivity index (χ2n) is 7.50. The molecule has 0 bridgehead atoms. The third kappa shape index (κ3) is 17.7. The molecule has 0 aromatic heterocycles. The van der Waals surface area contributed by atoms with E-state index >= 15 is 0 Å². The van der Waals surface area contributed by atoms with E-state index in [2.05, 4.69) is 21.5 Å². The Morgan fingerprint density at radius 3 is 2.07 bits per heavy atom. The second-order valence-corrected chi connectivity index (χ2v) is 10.3. The van der Waals surface area contributed by atoms with Gasteiger partial charge in [0.25, 0.3) is 0 Å². The number of hydrogen-bond donors (Lipinski definition) is 3. The number of phosphoric acid groups is 2. The van der Waals surface area contributed by atoms with Gasteiger partial charge in [-0.1, -0.05) is 35.8 Å². The van der Waals surface area contributed by atoms with Crippen molar-refractivity contribution in [2.24, 2.45) is 10.9 Å². The molecule has 0 aromatic rings. The second kappa shape index (κ2) is 13.5. The van der Waals surface area contributed by atoms with Gasteiger partial charge in [0.05, 0.1) is 0 Å². The predicted molar refractivity (Wildman–Crippen MR) is 117 cm³/mol.